The molecule has 0 radical (unpaired) electrons. The van der Waals surface area contributed by atoms with Gasteiger partial charge in [-0.25, -0.2) is 0 Å². The van der Waals surface area contributed by atoms with Crippen LogP contribution < -0.4 is 5.32 Å². The summed E-state index contributed by atoms with van der Waals surface area (Å²) in [7, 11) is 0. The number of fused-ring (bicyclic) bond motifs is 1. The first kappa shape index (κ1) is 21.4. The number of nitrogens with one attached hydrogen (secondary N) is 1. The van der Waals surface area contributed by atoms with E-state index in [0.717, 1.165) is 37.7 Å². The van der Waals surface area contributed by atoms with Gasteiger partial charge in [-0.1, -0.05) is 56.3 Å². The molecule has 1 N–H and O–H groups in total. The molecule has 174 valence electrons. The molecule has 4 aliphatic carbocycles. The summed E-state index contributed by atoms with van der Waals surface area (Å²) >= 11 is 0. The molecule has 1 amide bonds. The van der Waals surface area contributed by atoms with Crippen LogP contribution in [0.5, 0.6) is 0 Å². The van der Waals surface area contributed by atoms with E-state index in [4.69, 9.17) is 0 Å². The molecule has 2 aromatic rings. The topological polar surface area (TPSA) is 32.3 Å². The van der Waals surface area contributed by atoms with Crippen molar-refractivity contribution in [3.05, 3.63) is 65.2 Å². The zero-order chi connectivity index (χ0) is 22.7. The van der Waals surface area contributed by atoms with Crippen LogP contribution in [0.1, 0.15) is 75.5 Å². The Balaban J connectivity index is 1.15. The van der Waals surface area contributed by atoms with Crippen LogP contribution in [0, 0.1) is 22.2 Å². The molecular weight excluding hydrogens is 404 g/mol. The summed E-state index contributed by atoms with van der Waals surface area (Å²) in [5.41, 5.74) is 6.28. The van der Waals surface area contributed by atoms with E-state index in [1.54, 1.807) is 0 Å². The molecule has 0 saturated heterocycles. The average molecular weight is 443 g/mol. The number of carbonyl (C=O) groups is 1. The lowest BCUT2D eigenvalue weighted by molar-refractivity contribution is -0.153. The summed E-state index contributed by atoms with van der Waals surface area (Å²) in [5, 5.41) is 3.38. The predicted octanol–water partition coefficient (Wildman–Crippen LogP) is 6.57. The highest BCUT2D eigenvalue weighted by atomic mass is 16.1. The van der Waals surface area contributed by atoms with Crippen LogP contribution in [-0.4, -0.2) is 17.4 Å². The molecule has 2 unspecified atom stereocenters. The lowest BCUT2D eigenvalue weighted by Gasteiger charge is -2.65. The SMILES string of the molecule is CC12CC3CC(C)(C1)CC(CC(=O)Nc1cccc4c1CCN(Cc1ccccc1)C4)(C3)C2. The van der Waals surface area contributed by atoms with Crippen molar-refractivity contribution in [1.82, 2.24) is 4.90 Å². The molecule has 3 nitrogen and oxygen atoms in total. The van der Waals surface area contributed by atoms with Crippen molar-refractivity contribution in [3.63, 3.8) is 0 Å². The largest absolute Gasteiger partial charge is 0.326 e. The first-order valence-electron chi connectivity index (χ1n) is 13.0. The third-order valence-electron chi connectivity index (χ3n) is 9.15. The van der Waals surface area contributed by atoms with Gasteiger partial charge in [-0.15, -0.1) is 0 Å². The molecule has 0 spiro atoms. The summed E-state index contributed by atoms with van der Waals surface area (Å²) in [5.74, 6) is 1.08. The Morgan fingerprint density at radius 3 is 2.45 bits per heavy atom. The Morgan fingerprint density at radius 1 is 0.970 bits per heavy atom. The number of nitrogens with zero attached hydrogens (tertiary/aromatic N) is 1. The van der Waals surface area contributed by atoms with Crippen molar-refractivity contribution in [2.75, 3.05) is 11.9 Å². The van der Waals surface area contributed by atoms with Crippen LogP contribution >= 0.6 is 0 Å². The monoisotopic (exact) mass is 442 g/mol. The fraction of sp³-hybridized carbons (Fsp3) is 0.567. The van der Waals surface area contributed by atoms with Gasteiger partial charge in [0, 0.05) is 31.7 Å². The standard InChI is InChI=1S/C30H38N2O/c1-28-13-23-14-29(2,19-28)21-30(15-23,20-28)16-27(33)31-26-10-6-9-24-18-32(12-11-25(24)26)17-22-7-4-3-5-8-22/h3-10,23H,11-21H2,1-2H3,(H,31,33). The summed E-state index contributed by atoms with van der Waals surface area (Å²) < 4.78 is 0. The van der Waals surface area contributed by atoms with Crippen molar-refractivity contribution in [1.29, 1.82) is 0 Å². The number of amides is 1. The van der Waals surface area contributed by atoms with Gasteiger partial charge in [-0.05, 0) is 89.9 Å². The van der Waals surface area contributed by atoms with Crippen molar-refractivity contribution in [2.45, 2.75) is 78.3 Å². The Labute approximate surface area is 199 Å². The van der Waals surface area contributed by atoms with Gasteiger partial charge in [0.25, 0.3) is 0 Å². The van der Waals surface area contributed by atoms with E-state index in [0.29, 0.717) is 17.3 Å². The highest BCUT2D eigenvalue weighted by molar-refractivity contribution is 5.92. The number of carbonyl (C=O) groups excluding carboxylic acids is 1. The van der Waals surface area contributed by atoms with Crippen molar-refractivity contribution >= 4 is 11.6 Å². The lowest BCUT2D eigenvalue weighted by Crippen LogP contribution is -2.55. The minimum Gasteiger partial charge on any atom is -0.326 e. The zero-order valence-corrected chi connectivity index (χ0v) is 20.3. The normalized spacial score (nSPS) is 34.8. The minimum absolute atomic E-state index is 0.230. The van der Waals surface area contributed by atoms with Crippen LogP contribution in [0.4, 0.5) is 5.69 Å². The maximum absolute atomic E-state index is 13.4. The van der Waals surface area contributed by atoms with E-state index in [-0.39, 0.29) is 11.3 Å². The van der Waals surface area contributed by atoms with Gasteiger partial charge in [0.2, 0.25) is 5.91 Å². The van der Waals surface area contributed by atoms with Gasteiger partial charge in [0.15, 0.2) is 0 Å². The number of hydrogen-bond donors (Lipinski definition) is 1. The quantitative estimate of drug-likeness (QED) is 0.568. The van der Waals surface area contributed by atoms with Gasteiger partial charge in [0.05, 0.1) is 0 Å². The van der Waals surface area contributed by atoms with Crippen LogP contribution in [0.3, 0.4) is 0 Å². The zero-order valence-electron chi connectivity index (χ0n) is 20.3. The molecule has 7 rings (SSSR count). The van der Waals surface area contributed by atoms with Gasteiger partial charge >= 0.3 is 0 Å². The van der Waals surface area contributed by atoms with Crippen LogP contribution in [0.25, 0.3) is 0 Å². The molecule has 4 bridgehead atoms. The molecule has 4 fully saturated rings. The lowest BCUT2D eigenvalue weighted by atomic mass is 9.40. The first-order chi connectivity index (χ1) is 15.8. The minimum atomic E-state index is 0.230. The van der Waals surface area contributed by atoms with E-state index >= 15 is 0 Å². The second kappa shape index (κ2) is 7.70. The molecule has 1 aliphatic heterocycles. The average Bonchev–Trinajstić information content (AvgIpc) is 2.71. The van der Waals surface area contributed by atoms with E-state index in [1.165, 1.54) is 55.2 Å². The summed E-state index contributed by atoms with van der Waals surface area (Å²) in [6, 6.07) is 17.2. The fourth-order valence-corrected chi connectivity index (χ4v) is 9.18. The van der Waals surface area contributed by atoms with Crippen molar-refractivity contribution < 1.29 is 4.79 Å². The maximum atomic E-state index is 13.4. The number of rotatable bonds is 5. The molecule has 5 aliphatic rings. The second-order valence-electron chi connectivity index (χ2n) is 12.7. The van der Waals surface area contributed by atoms with E-state index in [2.05, 4.69) is 72.6 Å². The Morgan fingerprint density at radius 2 is 1.73 bits per heavy atom. The molecule has 1 heterocycles. The van der Waals surface area contributed by atoms with Gasteiger partial charge < -0.3 is 5.32 Å². The Bertz CT molecular complexity index is 1040. The second-order valence-corrected chi connectivity index (χ2v) is 12.7. The number of anilines is 1. The third-order valence-corrected chi connectivity index (χ3v) is 9.15. The highest BCUT2D eigenvalue weighted by Crippen LogP contribution is 2.70. The highest BCUT2D eigenvalue weighted by Gasteiger charge is 2.60. The smallest absolute Gasteiger partial charge is 0.224 e. The molecule has 4 saturated carbocycles. The summed E-state index contributed by atoms with van der Waals surface area (Å²) in [4.78, 5) is 15.9. The third kappa shape index (κ3) is 4.14. The van der Waals surface area contributed by atoms with E-state index in [1.807, 2.05) is 0 Å². The van der Waals surface area contributed by atoms with Gasteiger partial charge in [-0.2, -0.15) is 0 Å². The van der Waals surface area contributed by atoms with Crippen molar-refractivity contribution in [2.24, 2.45) is 22.2 Å². The maximum Gasteiger partial charge on any atom is 0.224 e. The molecule has 2 atom stereocenters. The molecule has 3 heteroatoms. The molecule has 2 aromatic carbocycles. The van der Waals surface area contributed by atoms with Gasteiger partial charge in [0.1, 0.15) is 0 Å². The van der Waals surface area contributed by atoms with Crippen LogP contribution in [0.2, 0.25) is 0 Å². The molecule has 33 heavy (non-hydrogen) atoms. The fourth-order valence-electron chi connectivity index (χ4n) is 9.18. The summed E-state index contributed by atoms with van der Waals surface area (Å²) in [6.45, 7) is 7.97. The van der Waals surface area contributed by atoms with Crippen LogP contribution in [0.15, 0.2) is 48.5 Å². The van der Waals surface area contributed by atoms with Gasteiger partial charge in [-0.3, -0.25) is 9.69 Å². The number of benzene rings is 2. The first-order valence-corrected chi connectivity index (χ1v) is 13.0. The van der Waals surface area contributed by atoms with E-state index < -0.39 is 0 Å². The summed E-state index contributed by atoms with van der Waals surface area (Å²) in [6.07, 6.45) is 9.62. The Hall–Kier alpha value is -2.13. The van der Waals surface area contributed by atoms with Crippen molar-refractivity contribution in [3.8, 4) is 0 Å². The van der Waals surface area contributed by atoms with E-state index in [9.17, 15) is 4.79 Å². The molecular formula is C30H38N2O. The molecule has 0 aromatic heterocycles. The Kier molecular flexibility index (Phi) is 4.99. The number of hydrogen-bond acceptors (Lipinski definition) is 2. The van der Waals surface area contributed by atoms with Crippen LogP contribution in [-0.2, 0) is 24.3 Å². The predicted molar refractivity (Wildman–Crippen MR) is 134 cm³/mol.